The predicted octanol–water partition coefficient (Wildman–Crippen LogP) is 1.51. The molecular weight excluding hydrogens is 334 g/mol. The lowest BCUT2D eigenvalue weighted by Gasteiger charge is -2.26. The van der Waals surface area contributed by atoms with E-state index < -0.39 is 5.97 Å². The predicted molar refractivity (Wildman–Crippen MR) is 95.0 cm³/mol. The van der Waals surface area contributed by atoms with Gasteiger partial charge in [-0.2, -0.15) is 0 Å². The number of amides is 1. The van der Waals surface area contributed by atoms with Crippen molar-refractivity contribution in [2.45, 2.75) is 38.6 Å². The van der Waals surface area contributed by atoms with Gasteiger partial charge in [-0.3, -0.25) is 14.2 Å². The van der Waals surface area contributed by atoms with Gasteiger partial charge in [-0.25, -0.2) is 9.78 Å². The summed E-state index contributed by atoms with van der Waals surface area (Å²) >= 11 is 0. The molecule has 0 radical (unpaired) electrons. The number of fused-ring (bicyclic) bond motifs is 2. The Kier molecular flexibility index (Phi) is 4.44. The lowest BCUT2D eigenvalue weighted by atomic mass is 10.1. The van der Waals surface area contributed by atoms with Gasteiger partial charge in [0, 0.05) is 26.1 Å². The minimum absolute atomic E-state index is 0.0670. The third-order valence-electron chi connectivity index (χ3n) is 5.09. The first kappa shape index (κ1) is 16.8. The molecule has 1 aromatic heterocycles. The molecule has 3 heterocycles. The summed E-state index contributed by atoms with van der Waals surface area (Å²) in [7, 11) is 0. The lowest BCUT2D eigenvalue weighted by molar-refractivity contribution is -0.135. The van der Waals surface area contributed by atoms with Crippen molar-refractivity contribution < 1.29 is 14.3 Å². The van der Waals surface area contributed by atoms with Gasteiger partial charge >= 0.3 is 5.97 Å². The highest BCUT2D eigenvalue weighted by atomic mass is 16.5. The van der Waals surface area contributed by atoms with Gasteiger partial charge in [0.05, 0.1) is 16.5 Å². The SMILES string of the molecule is O=C(OCC(=O)N1CCCCC1)c1ccc2c(=O)n3c(nc2c1)CCC3. The maximum Gasteiger partial charge on any atom is 0.338 e. The third kappa shape index (κ3) is 3.09. The minimum atomic E-state index is -0.570. The second-order valence-corrected chi connectivity index (χ2v) is 6.84. The van der Waals surface area contributed by atoms with Crippen LogP contribution in [0.3, 0.4) is 0 Å². The van der Waals surface area contributed by atoms with E-state index in [1.54, 1.807) is 27.7 Å². The third-order valence-corrected chi connectivity index (χ3v) is 5.09. The highest BCUT2D eigenvalue weighted by Crippen LogP contribution is 2.17. The van der Waals surface area contributed by atoms with E-state index >= 15 is 0 Å². The Bertz CT molecular complexity index is 928. The number of aromatic nitrogens is 2. The number of esters is 1. The van der Waals surface area contributed by atoms with E-state index in [-0.39, 0.29) is 18.1 Å². The Morgan fingerprint density at radius 3 is 2.69 bits per heavy atom. The smallest absolute Gasteiger partial charge is 0.338 e. The molecule has 7 heteroatoms. The van der Waals surface area contributed by atoms with Gasteiger partial charge in [-0.1, -0.05) is 0 Å². The lowest BCUT2D eigenvalue weighted by Crippen LogP contribution is -2.38. The molecule has 7 nitrogen and oxygen atoms in total. The van der Waals surface area contributed by atoms with Crippen LogP contribution in [0.1, 0.15) is 41.9 Å². The van der Waals surface area contributed by atoms with Crippen molar-refractivity contribution in [3.8, 4) is 0 Å². The van der Waals surface area contributed by atoms with Crippen LogP contribution in [0.25, 0.3) is 10.9 Å². The molecule has 2 aliphatic heterocycles. The fourth-order valence-corrected chi connectivity index (χ4v) is 3.66. The maximum absolute atomic E-state index is 12.4. The maximum atomic E-state index is 12.4. The standard InChI is InChI=1S/C19H21N3O4/c23-17(21-8-2-1-3-9-21)12-26-19(25)13-6-7-14-15(11-13)20-16-5-4-10-22(16)18(14)24/h6-7,11H,1-5,8-10,12H2. The zero-order chi connectivity index (χ0) is 18.1. The summed E-state index contributed by atoms with van der Waals surface area (Å²) in [5, 5.41) is 0.497. The molecule has 0 unspecified atom stereocenters. The van der Waals surface area contributed by atoms with Crippen molar-refractivity contribution in [1.82, 2.24) is 14.5 Å². The fraction of sp³-hybridized carbons (Fsp3) is 0.474. The molecule has 1 saturated heterocycles. The van der Waals surface area contributed by atoms with Crippen LogP contribution in [-0.2, 0) is 22.5 Å². The van der Waals surface area contributed by atoms with Crippen LogP contribution in [0.2, 0.25) is 0 Å². The Balaban J connectivity index is 1.49. The van der Waals surface area contributed by atoms with E-state index in [0.717, 1.165) is 51.0 Å². The van der Waals surface area contributed by atoms with E-state index in [1.165, 1.54) is 0 Å². The van der Waals surface area contributed by atoms with Gasteiger partial charge in [0.15, 0.2) is 6.61 Å². The topological polar surface area (TPSA) is 81.5 Å². The number of carbonyl (C=O) groups is 2. The first-order valence-electron chi connectivity index (χ1n) is 9.12. The van der Waals surface area contributed by atoms with Gasteiger partial charge in [-0.15, -0.1) is 0 Å². The van der Waals surface area contributed by atoms with E-state index in [4.69, 9.17) is 4.74 Å². The molecule has 2 aliphatic rings. The average molecular weight is 355 g/mol. The normalized spacial score (nSPS) is 16.5. The van der Waals surface area contributed by atoms with Gasteiger partial charge in [0.1, 0.15) is 5.82 Å². The second-order valence-electron chi connectivity index (χ2n) is 6.84. The summed E-state index contributed by atoms with van der Waals surface area (Å²) < 4.78 is 6.87. The van der Waals surface area contributed by atoms with Crippen molar-refractivity contribution in [1.29, 1.82) is 0 Å². The zero-order valence-corrected chi connectivity index (χ0v) is 14.6. The molecule has 0 atom stereocenters. The molecule has 4 rings (SSSR count). The van der Waals surface area contributed by atoms with Crippen molar-refractivity contribution in [2.75, 3.05) is 19.7 Å². The Morgan fingerprint density at radius 1 is 1.08 bits per heavy atom. The minimum Gasteiger partial charge on any atom is -0.452 e. The molecule has 2 aromatic rings. The Labute approximate surface area is 150 Å². The van der Waals surface area contributed by atoms with Gasteiger partial charge in [-0.05, 0) is 43.9 Å². The number of likely N-dealkylation sites (tertiary alicyclic amines) is 1. The molecule has 1 fully saturated rings. The number of nitrogens with zero attached hydrogens (tertiary/aromatic N) is 3. The van der Waals surface area contributed by atoms with Crippen molar-refractivity contribution in [3.05, 3.63) is 39.9 Å². The summed E-state index contributed by atoms with van der Waals surface area (Å²) in [6, 6.07) is 4.74. The quantitative estimate of drug-likeness (QED) is 0.780. The Hall–Kier alpha value is -2.70. The highest BCUT2D eigenvalue weighted by Gasteiger charge is 2.20. The van der Waals surface area contributed by atoms with Crippen LogP contribution in [0.5, 0.6) is 0 Å². The van der Waals surface area contributed by atoms with Crippen molar-refractivity contribution in [2.24, 2.45) is 0 Å². The molecule has 0 spiro atoms. The molecule has 0 bridgehead atoms. The van der Waals surface area contributed by atoms with Crippen LogP contribution in [0.4, 0.5) is 0 Å². The number of rotatable bonds is 3. The van der Waals surface area contributed by atoms with E-state index in [9.17, 15) is 14.4 Å². The van der Waals surface area contributed by atoms with E-state index in [0.29, 0.717) is 23.0 Å². The van der Waals surface area contributed by atoms with Crippen molar-refractivity contribution >= 4 is 22.8 Å². The molecule has 26 heavy (non-hydrogen) atoms. The van der Waals surface area contributed by atoms with Gasteiger partial charge in [0.25, 0.3) is 11.5 Å². The summed E-state index contributed by atoms with van der Waals surface area (Å²) in [6.07, 6.45) is 4.80. The fourth-order valence-electron chi connectivity index (χ4n) is 3.66. The van der Waals surface area contributed by atoms with Crippen LogP contribution in [0.15, 0.2) is 23.0 Å². The molecule has 136 valence electrons. The molecule has 1 amide bonds. The first-order chi connectivity index (χ1) is 12.6. The number of aryl methyl sites for hydroxylation is 1. The van der Waals surface area contributed by atoms with Crippen LogP contribution in [0, 0.1) is 0 Å². The van der Waals surface area contributed by atoms with Crippen LogP contribution in [-0.4, -0.2) is 46.0 Å². The number of hydrogen-bond acceptors (Lipinski definition) is 5. The number of hydrogen-bond donors (Lipinski definition) is 0. The summed E-state index contributed by atoms with van der Waals surface area (Å²) in [5.74, 6) is 0.0287. The van der Waals surface area contributed by atoms with E-state index in [2.05, 4.69) is 4.98 Å². The molecule has 0 aliphatic carbocycles. The monoisotopic (exact) mass is 355 g/mol. The van der Waals surface area contributed by atoms with Gasteiger partial charge < -0.3 is 9.64 Å². The number of ether oxygens (including phenoxy) is 1. The van der Waals surface area contributed by atoms with Crippen molar-refractivity contribution in [3.63, 3.8) is 0 Å². The molecule has 0 N–H and O–H groups in total. The molecule has 1 aromatic carbocycles. The van der Waals surface area contributed by atoms with Gasteiger partial charge in [0.2, 0.25) is 0 Å². The zero-order valence-electron chi connectivity index (χ0n) is 14.6. The molecule has 0 saturated carbocycles. The Morgan fingerprint density at radius 2 is 1.88 bits per heavy atom. The summed E-state index contributed by atoms with van der Waals surface area (Å²) in [5.41, 5.74) is 0.737. The number of carbonyl (C=O) groups excluding carboxylic acids is 2. The second kappa shape index (κ2) is 6.90. The molecular formula is C19H21N3O4. The highest BCUT2D eigenvalue weighted by molar-refractivity contribution is 5.95. The summed E-state index contributed by atoms with van der Waals surface area (Å²) in [6.45, 7) is 1.90. The number of benzene rings is 1. The average Bonchev–Trinajstić information content (AvgIpc) is 3.15. The number of piperidine rings is 1. The van der Waals surface area contributed by atoms with Crippen LogP contribution < -0.4 is 5.56 Å². The van der Waals surface area contributed by atoms with Crippen LogP contribution >= 0.6 is 0 Å². The summed E-state index contributed by atoms with van der Waals surface area (Å²) in [4.78, 5) is 43.1. The first-order valence-corrected chi connectivity index (χ1v) is 9.12. The largest absolute Gasteiger partial charge is 0.452 e. The van der Waals surface area contributed by atoms with E-state index in [1.807, 2.05) is 0 Å².